The van der Waals surface area contributed by atoms with E-state index in [1.807, 2.05) is 0 Å². The molecular formula is C14H20BrNO. The molecule has 2 nitrogen and oxygen atoms in total. The molecule has 94 valence electrons. The van der Waals surface area contributed by atoms with Crippen molar-refractivity contribution in [1.29, 1.82) is 0 Å². The Morgan fingerprint density at radius 3 is 3.06 bits per heavy atom. The number of benzene rings is 1. The number of ether oxygens (including phenoxy) is 1. The maximum Gasteiger partial charge on any atom is 0.122 e. The van der Waals surface area contributed by atoms with Crippen molar-refractivity contribution in [2.24, 2.45) is 5.92 Å². The van der Waals surface area contributed by atoms with Crippen LogP contribution in [0.3, 0.4) is 0 Å². The first-order chi connectivity index (χ1) is 8.29. The van der Waals surface area contributed by atoms with Gasteiger partial charge in [0, 0.05) is 16.9 Å². The highest BCUT2D eigenvalue weighted by Gasteiger charge is 2.15. The van der Waals surface area contributed by atoms with Gasteiger partial charge >= 0.3 is 0 Å². The SMILES string of the molecule is CCCc1cc(Br)ccc1OC[C@H]1CCNC1. The topological polar surface area (TPSA) is 21.3 Å². The molecule has 1 heterocycles. The van der Waals surface area contributed by atoms with E-state index in [0.29, 0.717) is 5.92 Å². The quantitative estimate of drug-likeness (QED) is 0.899. The molecule has 2 rings (SSSR count). The van der Waals surface area contributed by atoms with Gasteiger partial charge in [0.2, 0.25) is 0 Å². The van der Waals surface area contributed by atoms with Crippen LogP contribution in [0.1, 0.15) is 25.3 Å². The van der Waals surface area contributed by atoms with Gasteiger partial charge in [0.05, 0.1) is 6.61 Å². The van der Waals surface area contributed by atoms with E-state index < -0.39 is 0 Å². The Bertz CT molecular complexity index is 361. The number of rotatable bonds is 5. The van der Waals surface area contributed by atoms with Crippen molar-refractivity contribution in [3.8, 4) is 5.75 Å². The van der Waals surface area contributed by atoms with E-state index in [4.69, 9.17) is 4.74 Å². The van der Waals surface area contributed by atoms with Crippen LogP contribution in [0.15, 0.2) is 22.7 Å². The molecular weight excluding hydrogens is 278 g/mol. The van der Waals surface area contributed by atoms with Gasteiger partial charge in [-0.3, -0.25) is 0 Å². The highest BCUT2D eigenvalue weighted by molar-refractivity contribution is 9.10. The van der Waals surface area contributed by atoms with Crippen LogP contribution in [-0.4, -0.2) is 19.7 Å². The number of nitrogens with one attached hydrogen (secondary N) is 1. The molecule has 0 radical (unpaired) electrons. The van der Waals surface area contributed by atoms with Crippen molar-refractivity contribution in [2.45, 2.75) is 26.2 Å². The van der Waals surface area contributed by atoms with E-state index in [9.17, 15) is 0 Å². The molecule has 17 heavy (non-hydrogen) atoms. The molecule has 1 aromatic rings. The van der Waals surface area contributed by atoms with Crippen molar-refractivity contribution >= 4 is 15.9 Å². The summed E-state index contributed by atoms with van der Waals surface area (Å²) in [5.41, 5.74) is 1.31. The van der Waals surface area contributed by atoms with Crippen molar-refractivity contribution in [1.82, 2.24) is 5.32 Å². The van der Waals surface area contributed by atoms with Gasteiger partial charge in [-0.25, -0.2) is 0 Å². The molecule has 1 saturated heterocycles. The second-order valence-corrected chi connectivity index (χ2v) is 5.59. The second kappa shape index (κ2) is 6.41. The lowest BCUT2D eigenvalue weighted by Gasteiger charge is -2.14. The Kier molecular flexibility index (Phi) is 4.86. The third kappa shape index (κ3) is 3.71. The molecule has 0 bridgehead atoms. The summed E-state index contributed by atoms with van der Waals surface area (Å²) in [4.78, 5) is 0. The lowest BCUT2D eigenvalue weighted by Crippen LogP contribution is -2.16. The van der Waals surface area contributed by atoms with E-state index in [2.05, 4.69) is 46.4 Å². The summed E-state index contributed by atoms with van der Waals surface area (Å²) in [6.45, 7) is 5.27. The molecule has 0 unspecified atom stereocenters. The van der Waals surface area contributed by atoms with E-state index in [-0.39, 0.29) is 0 Å². The summed E-state index contributed by atoms with van der Waals surface area (Å²) in [7, 11) is 0. The summed E-state index contributed by atoms with van der Waals surface area (Å²) in [5.74, 6) is 1.73. The molecule has 1 aromatic carbocycles. The van der Waals surface area contributed by atoms with Crippen LogP contribution in [0.4, 0.5) is 0 Å². The van der Waals surface area contributed by atoms with Crippen LogP contribution < -0.4 is 10.1 Å². The molecule has 0 saturated carbocycles. The Morgan fingerprint density at radius 2 is 2.35 bits per heavy atom. The van der Waals surface area contributed by atoms with Crippen LogP contribution in [0.25, 0.3) is 0 Å². The Labute approximate surface area is 112 Å². The Morgan fingerprint density at radius 1 is 1.47 bits per heavy atom. The van der Waals surface area contributed by atoms with E-state index in [0.717, 1.165) is 42.8 Å². The summed E-state index contributed by atoms with van der Waals surface area (Å²) >= 11 is 3.52. The van der Waals surface area contributed by atoms with Crippen LogP contribution in [0, 0.1) is 5.92 Å². The zero-order valence-electron chi connectivity index (χ0n) is 10.3. The fourth-order valence-electron chi connectivity index (χ4n) is 2.22. The first-order valence-corrected chi connectivity index (χ1v) is 7.21. The van der Waals surface area contributed by atoms with Gasteiger partial charge in [0.1, 0.15) is 5.75 Å². The molecule has 1 N–H and O–H groups in total. The molecule has 0 amide bonds. The van der Waals surface area contributed by atoms with Gasteiger partial charge < -0.3 is 10.1 Å². The van der Waals surface area contributed by atoms with Gasteiger partial charge in [0.15, 0.2) is 0 Å². The zero-order chi connectivity index (χ0) is 12.1. The van der Waals surface area contributed by atoms with Crippen molar-refractivity contribution < 1.29 is 4.74 Å². The smallest absolute Gasteiger partial charge is 0.122 e. The molecule has 0 aromatic heterocycles. The minimum atomic E-state index is 0.674. The molecule has 1 aliphatic heterocycles. The lowest BCUT2D eigenvalue weighted by molar-refractivity contribution is 0.257. The Balaban J connectivity index is 1.98. The van der Waals surface area contributed by atoms with Crippen LogP contribution in [-0.2, 0) is 6.42 Å². The third-order valence-electron chi connectivity index (χ3n) is 3.18. The minimum absolute atomic E-state index is 0.674. The van der Waals surface area contributed by atoms with Crippen LogP contribution in [0.2, 0.25) is 0 Å². The van der Waals surface area contributed by atoms with Gasteiger partial charge in [-0.2, -0.15) is 0 Å². The Hall–Kier alpha value is -0.540. The normalized spacial score (nSPS) is 19.5. The average molecular weight is 298 g/mol. The van der Waals surface area contributed by atoms with Crippen molar-refractivity contribution in [2.75, 3.05) is 19.7 Å². The summed E-state index contributed by atoms with van der Waals surface area (Å²) in [6, 6.07) is 6.31. The number of hydrogen-bond acceptors (Lipinski definition) is 2. The lowest BCUT2D eigenvalue weighted by atomic mass is 10.1. The monoisotopic (exact) mass is 297 g/mol. The van der Waals surface area contributed by atoms with Crippen LogP contribution in [0.5, 0.6) is 5.75 Å². The predicted octanol–water partition coefficient (Wildman–Crippen LogP) is 3.39. The van der Waals surface area contributed by atoms with Crippen molar-refractivity contribution in [3.05, 3.63) is 28.2 Å². The van der Waals surface area contributed by atoms with Gasteiger partial charge in [-0.1, -0.05) is 29.3 Å². The van der Waals surface area contributed by atoms with Gasteiger partial charge in [-0.05, 0) is 43.1 Å². The zero-order valence-corrected chi connectivity index (χ0v) is 11.9. The third-order valence-corrected chi connectivity index (χ3v) is 3.67. The highest BCUT2D eigenvalue weighted by Crippen LogP contribution is 2.25. The van der Waals surface area contributed by atoms with E-state index in [1.165, 1.54) is 12.0 Å². The summed E-state index contributed by atoms with van der Waals surface area (Å²) in [6.07, 6.45) is 3.47. The van der Waals surface area contributed by atoms with Gasteiger partial charge in [0.25, 0.3) is 0 Å². The molecule has 0 spiro atoms. The fourth-order valence-corrected chi connectivity index (χ4v) is 2.63. The van der Waals surface area contributed by atoms with Crippen LogP contribution >= 0.6 is 15.9 Å². The van der Waals surface area contributed by atoms with E-state index >= 15 is 0 Å². The molecule has 1 atom stereocenters. The number of halogens is 1. The predicted molar refractivity (Wildman–Crippen MR) is 74.6 cm³/mol. The average Bonchev–Trinajstić information content (AvgIpc) is 2.81. The molecule has 0 aliphatic carbocycles. The number of aryl methyl sites for hydroxylation is 1. The molecule has 3 heteroatoms. The maximum atomic E-state index is 5.97. The van der Waals surface area contributed by atoms with Crippen molar-refractivity contribution in [3.63, 3.8) is 0 Å². The number of hydrogen-bond donors (Lipinski definition) is 1. The highest BCUT2D eigenvalue weighted by atomic mass is 79.9. The fraction of sp³-hybridized carbons (Fsp3) is 0.571. The summed E-state index contributed by atoms with van der Waals surface area (Å²) < 4.78 is 7.10. The standard InChI is InChI=1S/C14H20BrNO/c1-2-3-12-8-13(15)4-5-14(12)17-10-11-6-7-16-9-11/h4-5,8,11,16H,2-3,6-7,9-10H2,1H3/t11-/m0/s1. The molecule has 1 fully saturated rings. The second-order valence-electron chi connectivity index (χ2n) is 4.67. The van der Waals surface area contributed by atoms with E-state index in [1.54, 1.807) is 0 Å². The summed E-state index contributed by atoms with van der Waals surface area (Å²) in [5, 5.41) is 3.37. The van der Waals surface area contributed by atoms with Gasteiger partial charge in [-0.15, -0.1) is 0 Å². The largest absolute Gasteiger partial charge is 0.493 e. The maximum absolute atomic E-state index is 5.97. The minimum Gasteiger partial charge on any atom is -0.493 e. The first-order valence-electron chi connectivity index (χ1n) is 6.41. The molecule has 1 aliphatic rings. The first kappa shape index (κ1) is 12.9.